The highest BCUT2D eigenvalue weighted by molar-refractivity contribution is 9.10. The number of rotatable bonds is 3. The molecule has 0 saturated heterocycles. The van der Waals surface area contributed by atoms with Gasteiger partial charge in [0.15, 0.2) is 0 Å². The van der Waals surface area contributed by atoms with Crippen molar-refractivity contribution in [3.63, 3.8) is 0 Å². The average Bonchev–Trinajstić information content (AvgIpc) is 2.80. The van der Waals surface area contributed by atoms with Crippen LogP contribution in [0.2, 0.25) is 0 Å². The predicted molar refractivity (Wildman–Crippen MR) is 76.9 cm³/mol. The molecule has 0 aliphatic heterocycles. The lowest BCUT2D eigenvalue weighted by Gasteiger charge is -2.08. The van der Waals surface area contributed by atoms with Crippen LogP contribution in [-0.4, -0.2) is 10.5 Å². The number of halogens is 1. The molecule has 1 aromatic carbocycles. The topological polar surface area (TPSA) is 57.8 Å². The first-order chi connectivity index (χ1) is 9.15. The number of aromatic nitrogens is 1. The van der Waals surface area contributed by atoms with Crippen molar-refractivity contribution in [2.24, 2.45) is 0 Å². The molecule has 0 fully saturated rings. The highest BCUT2D eigenvalue weighted by Gasteiger charge is 2.13. The van der Waals surface area contributed by atoms with E-state index in [0.717, 1.165) is 4.47 Å². The van der Waals surface area contributed by atoms with E-state index in [1.54, 1.807) is 30.3 Å². The Labute approximate surface area is 119 Å². The summed E-state index contributed by atoms with van der Waals surface area (Å²) in [5, 5.41) is 11.8. The van der Waals surface area contributed by atoms with E-state index >= 15 is 0 Å². The summed E-state index contributed by atoms with van der Waals surface area (Å²) in [6.07, 6.45) is 1.85. The number of nitriles is 1. The van der Waals surface area contributed by atoms with Crippen LogP contribution >= 0.6 is 15.9 Å². The van der Waals surface area contributed by atoms with E-state index in [1.807, 2.05) is 17.7 Å². The Hall–Kier alpha value is -2.06. The molecule has 0 aliphatic rings. The van der Waals surface area contributed by atoms with E-state index < -0.39 is 0 Å². The molecular weight excluding hydrogens is 306 g/mol. The third-order valence-corrected chi connectivity index (χ3v) is 3.17. The summed E-state index contributed by atoms with van der Waals surface area (Å²) < 4.78 is 2.70. The number of para-hydroxylation sites is 1. The molecule has 0 bridgehead atoms. The van der Waals surface area contributed by atoms with Gasteiger partial charge in [-0.25, -0.2) is 0 Å². The van der Waals surface area contributed by atoms with Crippen LogP contribution in [0.5, 0.6) is 0 Å². The van der Waals surface area contributed by atoms with Crippen molar-refractivity contribution in [2.75, 3.05) is 5.32 Å². The fourth-order valence-electron chi connectivity index (χ4n) is 1.80. The molecule has 0 aliphatic carbocycles. The third kappa shape index (κ3) is 2.85. The molecule has 19 heavy (non-hydrogen) atoms. The SMILES string of the molecule is CCn1cc(Br)cc1C(=O)Nc1ccccc1C#N. The second kappa shape index (κ2) is 5.72. The maximum Gasteiger partial charge on any atom is 0.272 e. The van der Waals surface area contributed by atoms with E-state index in [1.165, 1.54) is 0 Å². The summed E-state index contributed by atoms with van der Waals surface area (Å²) in [7, 11) is 0. The fourth-order valence-corrected chi connectivity index (χ4v) is 2.27. The molecule has 2 aromatic rings. The monoisotopic (exact) mass is 317 g/mol. The van der Waals surface area contributed by atoms with Gasteiger partial charge >= 0.3 is 0 Å². The molecule has 1 aromatic heterocycles. The molecule has 0 atom stereocenters. The van der Waals surface area contributed by atoms with Crippen LogP contribution in [0.3, 0.4) is 0 Å². The number of nitrogens with zero attached hydrogens (tertiary/aromatic N) is 2. The number of carbonyl (C=O) groups excluding carboxylic acids is 1. The summed E-state index contributed by atoms with van der Waals surface area (Å²) in [6.45, 7) is 2.67. The number of nitrogens with one attached hydrogen (secondary N) is 1. The smallest absolute Gasteiger partial charge is 0.272 e. The zero-order chi connectivity index (χ0) is 13.8. The Bertz CT molecular complexity index is 655. The van der Waals surface area contributed by atoms with Gasteiger partial charge in [-0.2, -0.15) is 5.26 Å². The zero-order valence-electron chi connectivity index (χ0n) is 10.4. The second-order valence-corrected chi connectivity index (χ2v) is 4.86. The molecule has 0 unspecified atom stereocenters. The van der Waals surface area contributed by atoms with Gasteiger partial charge in [-0.3, -0.25) is 4.79 Å². The molecule has 1 N–H and O–H groups in total. The van der Waals surface area contributed by atoms with Gasteiger partial charge in [-0.1, -0.05) is 12.1 Å². The van der Waals surface area contributed by atoms with E-state index in [9.17, 15) is 4.79 Å². The van der Waals surface area contributed by atoms with E-state index in [0.29, 0.717) is 23.5 Å². The van der Waals surface area contributed by atoms with Gasteiger partial charge in [0.1, 0.15) is 11.8 Å². The lowest BCUT2D eigenvalue weighted by molar-refractivity contribution is 0.101. The first-order valence-corrected chi connectivity index (χ1v) is 6.61. The van der Waals surface area contributed by atoms with Gasteiger partial charge in [-0.05, 0) is 41.1 Å². The maximum atomic E-state index is 12.2. The quantitative estimate of drug-likeness (QED) is 0.943. The van der Waals surface area contributed by atoms with Gasteiger partial charge in [-0.15, -0.1) is 0 Å². The highest BCUT2D eigenvalue weighted by Crippen LogP contribution is 2.18. The Morgan fingerprint density at radius 1 is 1.47 bits per heavy atom. The van der Waals surface area contributed by atoms with Gasteiger partial charge in [0, 0.05) is 17.2 Å². The molecule has 5 heteroatoms. The minimum Gasteiger partial charge on any atom is -0.343 e. The molecule has 0 saturated carbocycles. The number of hydrogen-bond acceptors (Lipinski definition) is 2. The van der Waals surface area contributed by atoms with Crippen LogP contribution in [0.15, 0.2) is 41.0 Å². The van der Waals surface area contributed by atoms with Crippen molar-refractivity contribution in [1.29, 1.82) is 5.26 Å². The first kappa shape index (κ1) is 13.4. The minimum absolute atomic E-state index is 0.227. The summed E-state index contributed by atoms with van der Waals surface area (Å²) in [4.78, 5) is 12.2. The Morgan fingerprint density at radius 2 is 2.21 bits per heavy atom. The van der Waals surface area contributed by atoms with Crippen LogP contribution in [0.4, 0.5) is 5.69 Å². The summed E-state index contributed by atoms with van der Waals surface area (Å²) in [5.74, 6) is -0.227. The minimum atomic E-state index is -0.227. The van der Waals surface area contributed by atoms with Crippen molar-refractivity contribution in [1.82, 2.24) is 4.57 Å². The van der Waals surface area contributed by atoms with Crippen molar-refractivity contribution in [2.45, 2.75) is 13.5 Å². The Kier molecular flexibility index (Phi) is 4.03. The molecule has 1 amide bonds. The number of hydrogen-bond donors (Lipinski definition) is 1. The lowest BCUT2D eigenvalue weighted by atomic mass is 10.2. The number of aryl methyl sites for hydroxylation is 1. The summed E-state index contributed by atoms with van der Waals surface area (Å²) >= 11 is 3.35. The van der Waals surface area contributed by atoms with Crippen molar-refractivity contribution in [3.05, 3.63) is 52.3 Å². The number of benzene rings is 1. The molecule has 1 heterocycles. The normalized spacial score (nSPS) is 9.95. The number of carbonyl (C=O) groups is 1. The Morgan fingerprint density at radius 3 is 2.89 bits per heavy atom. The van der Waals surface area contributed by atoms with Crippen molar-refractivity contribution in [3.8, 4) is 6.07 Å². The van der Waals surface area contributed by atoms with Crippen LogP contribution in [0.25, 0.3) is 0 Å². The van der Waals surface area contributed by atoms with E-state index in [-0.39, 0.29) is 5.91 Å². The maximum absolute atomic E-state index is 12.2. The van der Waals surface area contributed by atoms with Gasteiger partial charge in [0.05, 0.1) is 11.3 Å². The average molecular weight is 318 g/mol. The largest absolute Gasteiger partial charge is 0.343 e. The van der Waals surface area contributed by atoms with Crippen molar-refractivity contribution >= 4 is 27.5 Å². The summed E-state index contributed by atoms with van der Waals surface area (Å²) in [6, 6.07) is 10.7. The van der Waals surface area contributed by atoms with Crippen molar-refractivity contribution < 1.29 is 4.79 Å². The molecule has 4 nitrogen and oxygen atoms in total. The predicted octanol–water partition coefficient (Wildman–Crippen LogP) is 3.39. The standard InChI is InChI=1S/C14H12BrN3O/c1-2-18-9-11(15)7-13(18)14(19)17-12-6-4-3-5-10(12)8-16/h3-7,9H,2H2,1H3,(H,17,19). The zero-order valence-corrected chi connectivity index (χ0v) is 11.9. The number of anilines is 1. The molecule has 96 valence electrons. The lowest BCUT2D eigenvalue weighted by Crippen LogP contribution is -2.17. The fraction of sp³-hybridized carbons (Fsp3) is 0.143. The molecule has 2 rings (SSSR count). The van der Waals surface area contributed by atoms with Gasteiger partial charge in [0.25, 0.3) is 5.91 Å². The van der Waals surface area contributed by atoms with E-state index in [2.05, 4.69) is 27.3 Å². The molecule has 0 radical (unpaired) electrons. The van der Waals surface area contributed by atoms with Gasteiger partial charge in [0.2, 0.25) is 0 Å². The number of amides is 1. The molecule has 0 spiro atoms. The van der Waals surface area contributed by atoms with Gasteiger partial charge < -0.3 is 9.88 Å². The van der Waals surface area contributed by atoms with Crippen LogP contribution in [-0.2, 0) is 6.54 Å². The van der Waals surface area contributed by atoms with Crippen LogP contribution in [0.1, 0.15) is 23.0 Å². The summed E-state index contributed by atoms with van der Waals surface area (Å²) in [5.41, 5.74) is 1.53. The second-order valence-electron chi connectivity index (χ2n) is 3.94. The Balaban J connectivity index is 2.28. The molecular formula is C14H12BrN3O. The highest BCUT2D eigenvalue weighted by atomic mass is 79.9. The third-order valence-electron chi connectivity index (χ3n) is 2.73. The van der Waals surface area contributed by atoms with E-state index in [4.69, 9.17) is 5.26 Å². The van der Waals surface area contributed by atoms with Crippen LogP contribution in [0, 0.1) is 11.3 Å². The van der Waals surface area contributed by atoms with Crippen LogP contribution < -0.4 is 5.32 Å². The first-order valence-electron chi connectivity index (χ1n) is 5.82.